The van der Waals surface area contributed by atoms with Crippen molar-refractivity contribution < 1.29 is 14.7 Å². The second kappa shape index (κ2) is 12.6. The van der Waals surface area contributed by atoms with E-state index in [9.17, 15) is 19.5 Å². The monoisotopic (exact) mass is 554 g/mol. The fraction of sp³-hybridized carbons (Fsp3) is 0.290. The van der Waals surface area contributed by atoms with Gasteiger partial charge in [-0.3, -0.25) is 9.78 Å². The summed E-state index contributed by atoms with van der Waals surface area (Å²) < 4.78 is 1.87. The predicted molar refractivity (Wildman–Crippen MR) is 161 cm³/mol. The Morgan fingerprint density at radius 1 is 1.02 bits per heavy atom. The van der Waals surface area contributed by atoms with Crippen molar-refractivity contribution in [2.24, 2.45) is 0 Å². The van der Waals surface area contributed by atoms with Gasteiger partial charge in [0.2, 0.25) is 5.43 Å². The number of urea groups is 1. The Kier molecular flexibility index (Phi) is 8.59. The summed E-state index contributed by atoms with van der Waals surface area (Å²) in [7, 11) is 0. The number of aryl methyl sites for hydroxylation is 1. The fourth-order valence-corrected chi connectivity index (χ4v) is 5.28. The van der Waals surface area contributed by atoms with Gasteiger partial charge in [0.25, 0.3) is 0 Å². The third-order valence-corrected chi connectivity index (χ3v) is 7.37. The molecule has 0 unspecified atom stereocenters. The first-order valence-electron chi connectivity index (χ1n) is 13.9. The summed E-state index contributed by atoms with van der Waals surface area (Å²) in [5, 5.41) is 19.2. The van der Waals surface area contributed by atoms with Crippen LogP contribution in [0.2, 0.25) is 0 Å². The number of hydrogen-bond acceptors (Lipinski definition) is 6. The first-order valence-corrected chi connectivity index (χ1v) is 13.9. The van der Waals surface area contributed by atoms with E-state index in [2.05, 4.69) is 25.8 Å². The second-order valence-corrected chi connectivity index (χ2v) is 10.1. The summed E-state index contributed by atoms with van der Waals surface area (Å²) in [5.41, 5.74) is 3.25. The number of carbonyl (C=O) groups excluding carboxylic acids is 1. The van der Waals surface area contributed by atoms with Gasteiger partial charge in [0.15, 0.2) is 0 Å². The van der Waals surface area contributed by atoms with Gasteiger partial charge in [0.05, 0.1) is 5.52 Å². The molecule has 2 aromatic carbocycles. The molecule has 10 heteroatoms. The number of amides is 2. The minimum absolute atomic E-state index is 0.231. The molecule has 212 valence electrons. The quantitative estimate of drug-likeness (QED) is 0.225. The lowest BCUT2D eigenvalue weighted by Crippen LogP contribution is -2.29. The van der Waals surface area contributed by atoms with Crippen molar-refractivity contribution in [2.75, 3.05) is 36.8 Å². The van der Waals surface area contributed by atoms with Gasteiger partial charge in [0, 0.05) is 49.6 Å². The summed E-state index contributed by atoms with van der Waals surface area (Å²) in [4.78, 5) is 44.2. The average Bonchev–Trinajstić information content (AvgIpc) is 3.50. The zero-order valence-corrected chi connectivity index (χ0v) is 23.0. The highest BCUT2D eigenvalue weighted by molar-refractivity contribution is 5.99. The van der Waals surface area contributed by atoms with Crippen LogP contribution < -0.4 is 21.4 Å². The van der Waals surface area contributed by atoms with Gasteiger partial charge in [-0.2, -0.15) is 0 Å². The van der Waals surface area contributed by atoms with E-state index in [4.69, 9.17) is 0 Å². The number of carbonyl (C=O) groups is 2. The number of carboxylic acids is 1. The molecule has 2 amide bonds. The molecule has 41 heavy (non-hydrogen) atoms. The number of pyridine rings is 2. The topological polar surface area (TPSA) is 129 Å². The number of nitrogens with one attached hydrogen (secondary N) is 3. The summed E-state index contributed by atoms with van der Waals surface area (Å²) in [5.74, 6) is -0.898. The summed E-state index contributed by atoms with van der Waals surface area (Å²) >= 11 is 0. The van der Waals surface area contributed by atoms with Gasteiger partial charge in [-0.15, -0.1) is 0 Å². The predicted octanol–water partition coefficient (Wildman–Crippen LogP) is 4.61. The van der Waals surface area contributed by atoms with Crippen molar-refractivity contribution in [3.8, 4) is 11.1 Å². The van der Waals surface area contributed by atoms with Crippen LogP contribution in [0.15, 0.2) is 71.8 Å². The van der Waals surface area contributed by atoms with Crippen LogP contribution in [0.3, 0.4) is 0 Å². The van der Waals surface area contributed by atoms with Crippen LogP contribution in [0.4, 0.5) is 16.3 Å². The molecule has 3 heterocycles. The largest absolute Gasteiger partial charge is 0.477 e. The Morgan fingerprint density at radius 3 is 2.46 bits per heavy atom. The van der Waals surface area contributed by atoms with Gasteiger partial charge < -0.3 is 30.5 Å². The molecule has 0 atom stereocenters. The molecule has 4 aromatic rings. The number of hydrogen-bond donors (Lipinski definition) is 4. The molecule has 0 radical (unpaired) electrons. The minimum atomic E-state index is -1.24. The van der Waals surface area contributed by atoms with E-state index in [1.165, 1.54) is 12.8 Å². The lowest BCUT2D eigenvalue weighted by atomic mass is 10.0. The number of aromatic carboxylic acids is 1. The number of fused-ring (bicyclic) bond motifs is 1. The van der Waals surface area contributed by atoms with Crippen LogP contribution in [-0.4, -0.2) is 57.7 Å². The zero-order chi connectivity index (χ0) is 28.8. The Morgan fingerprint density at radius 2 is 1.78 bits per heavy atom. The molecule has 1 aliphatic rings. The van der Waals surface area contributed by atoms with E-state index < -0.39 is 11.4 Å². The van der Waals surface area contributed by atoms with E-state index >= 15 is 0 Å². The Balaban J connectivity index is 1.37. The highest BCUT2D eigenvalue weighted by Crippen LogP contribution is 2.28. The molecule has 0 bridgehead atoms. The minimum Gasteiger partial charge on any atom is -0.477 e. The third-order valence-electron chi connectivity index (χ3n) is 7.37. The summed E-state index contributed by atoms with van der Waals surface area (Å²) in [6, 6.07) is 16.2. The van der Waals surface area contributed by atoms with E-state index in [1.807, 2.05) is 60.0 Å². The van der Waals surface area contributed by atoms with Gasteiger partial charge in [0.1, 0.15) is 11.4 Å². The van der Waals surface area contributed by atoms with E-state index in [0.29, 0.717) is 42.0 Å². The van der Waals surface area contributed by atoms with Crippen molar-refractivity contribution in [1.29, 1.82) is 0 Å². The van der Waals surface area contributed by atoms with E-state index in [1.54, 1.807) is 18.5 Å². The molecule has 1 saturated heterocycles. The standard InChI is InChI=1S/C31H34N6O4/c1-2-37-26-18-23(22-7-10-24(11-8-22)35-31(41)34-20-21-6-5-13-32-19-21)9-12-25(26)28(38)27(30(39)40)29(37)33-14-17-36-15-3-4-16-36/h5-13,18-19,33H,2-4,14-17,20H2,1H3,(H,39,40)(H2,34,35,41). The molecular formula is C31H34N6O4. The number of rotatable bonds is 10. The van der Waals surface area contributed by atoms with Crippen molar-refractivity contribution in [1.82, 2.24) is 19.8 Å². The number of anilines is 2. The van der Waals surface area contributed by atoms with Crippen LogP contribution in [0.25, 0.3) is 22.0 Å². The summed E-state index contributed by atoms with van der Waals surface area (Å²) in [6.07, 6.45) is 5.73. The highest BCUT2D eigenvalue weighted by atomic mass is 16.4. The Labute approximate surface area is 238 Å². The first kappa shape index (κ1) is 27.9. The average molecular weight is 555 g/mol. The molecule has 2 aromatic heterocycles. The van der Waals surface area contributed by atoms with Crippen molar-refractivity contribution in [2.45, 2.75) is 32.9 Å². The van der Waals surface area contributed by atoms with Crippen molar-refractivity contribution in [3.63, 3.8) is 0 Å². The lowest BCUT2D eigenvalue weighted by Gasteiger charge is -2.21. The number of aromatic nitrogens is 2. The smallest absolute Gasteiger partial charge is 0.343 e. The van der Waals surface area contributed by atoms with Crippen LogP contribution in [0.5, 0.6) is 0 Å². The maximum absolute atomic E-state index is 13.3. The van der Waals surface area contributed by atoms with Crippen molar-refractivity contribution in [3.05, 3.63) is 88.3 Å². The SMILES string of the molecule is CCn1c(NCCN2CCCC2)c(C(=O)O)c(=O)c2ccc(-c3ccc(NC(=O)NCc4cccnc4)cc3)cc21. The molecule has 1 fully saturated rings. The van der Waals surface area contributed by atoms with Gasteiger partial charge in [-0.05, 0) is 79.9 Å². The molecule has 5 rings (SSSR count). The van der Waals surface area contributed by atoms with E-state index in [0.717, 1.165) is 36.3 Å². The molecule has 0 spiro atoms. The Hall–Kier alpha value is -4.70. The highest BCUT2D eigenvalue weighted by Gasteiger charge is 2.22. The molecule has 10 nitrogen and oxygen atoms in total. The summed E-state index contributed by atoms with van der Waals surface area (Å²) in [6.45, 7) is 6.22. The molecule has 0 saturated carbocycles. The normalized spacial score (nSPS) is 13.3. The van der Waals surface area contributed by atoms with Crippen LogP contribution in [0.1, 0.15) is 35.7 Å². The lowest BCUT2D eigenvalue weighted by molar-refractivity contribution is 0.0696. The van der Waals surface area contributed by atoms with E-state index in [-0.39, 0.29) is 11.6 Å². The van der Waals surface area contributed by atoms with Crippen molar-refractivity contribution >= 4 is 34.4 Å². The molecule has 1 aliphatic heterocycles. The number of benzene rings is 2. The molecule has 4 N–H and O–H groups in total. The maximum atomic E-state index is 13.3. The zero-order valence-electron chi connectivity index (χ0n) is 23.0. The van der Waals surface area contributed by atoms with Gasteiger partial charge in [-0.25, -0.2) is 9.59 Å². The number of nitrogens with zero attached hydrogens (tertiary/aromatic N) is 3. The number of carboxylic acid groups (broad SMARTS) is 1. The number of likely N-dealkylation sites (tertiary alicyclic amines) is 1. The van der Waals surface area contributed by atoms with Crippen LogP contribution >= 0.6 is 0 Å². The van der Waals surface area contributed by atoms with Gasteiger partial charge in [-0.1, -0.05) is 24.3 Å². The third kappa shape index (κ3) is 6.38. The maximum Gasteiger partial charge on any atom is 0.343 e. The molecule has 0 aliphatic carbocycles. The van der Waals surface area contributed by atoms with Crippen LogP contribution in [-0.2, 0) is 13.1 Å². The van der Waals surface area contributed by atoms with Crippen LogP contribution in [0, 0.1) is 0 Å². The van der Waals surface area contributed by atoms with Gasteiger partial charge >= 0.3 is 12.0 Å². The second-order valence-electron chi connectivity index (χ2n) is 10.1. The molecular weight excluding hydrogens is 520 g/mol. The first-order chi connectivity index (χ1) is 19.9. The Bertz CT molecular complexity index is 1600. The fourth-order valence-electron chi connectivity index (χ4n) is 5.28.